The van der Waals surface area contributed by atoms with Gasteiger partial charge in [0.2, 0.25) is 0 Å². The fraction of sp³-hybridized carbons (Fsp3) is 0.333. The van der Waals surface area contributed by atoms with Crippen LogP contribution in [0, 0.1) is 27.7 Å². The Hall–Kier alpha value is -1.26. The van der Waals surface area contributed by atoms with E-state index in [0.717, 1.165) is 11.5 Å². The van der Waals surface area contributed by atoms with Gasteiger partial charge in [0, 0.05) is 9.79 Å². The van der Waals surface area contributed by atoms with E-state index in [1.165, 1.54) is 32.0 Å². The molecule has 4 heteroatoms. The van der Waals surface area contributed by atoms with E-state index in [2.05, 4.69) is 52.0 Å². The molecule has 0 aliphatic rings. The summed E-state index contributed by atoms with van der Waals surface area (Å²) in [5.74, 6) is 1.95. The number of ether oxygens (including phenoxy) is 2. The van der Waals surface area contributed by atoms with Gasteiger partial charge in [-0.25, -0.2) is 0 Å². The zero-order valence-electron chi connectivity index (χ0n) is 13.9. The molecule has 0 aliphatic heterocycles. The average Bonchev–Trinajstić information content (AvgIpc) is 2.44. The molecule has 2 aromatic rings. The van der Waals surface area contributed by atoms with E-state index in [4.69, 9.17) is 9.47 Å². The van der Waals surface area contributed by atoms with Gasteiger partial charge in [0.25, 0.3) is 0 Å². The average molecular weight is 335 g/mol. The minimum absolute atomic E-state index is 0.977. The maximum Gasteiger partial charge on any atom is 0.124 e. The molecular weight excluding hydrogens is 312 g/mol. The Morgan fingerprint density at radius 2 is 0.864 bits per heavy atom. The molecule has 0 saturated heterocycles. The van der Waals surface area contributed by atoms with Crippen LogP contribution < -0.4 is 9.47 Å². The highest BCUT2D eigenvalue weighted by Crippen LogP contribution is 2.41. The zero-order valence-corrected chi connectivity index (χ0v) is 15.6. The minimum atomic E-state index is 0.977. The second-order valence-electron chi connectivity index (χ2n) is 5.35. The summed E-state index contributed by atoms with van der Waals surface area (Å²) < 4.78 is 10.8. The lowest BCUT2D eigenvalue weighted by molar-refractivity contribution is 0.408. The highest BCUT2D eigenvalue weighted by atomic mass is 33.1. The van der Waals surface area contributed by atoms with Crippen LogP contribution in [0.25, 0.3) is 0 Å². The van der Waals surface area contributed by atoms with Gasteiger partial charge in [-0.05, 0) is 74.2 Å². The summed E-state index contributed by atoms with van der Waals surface area (Å²) in [6.07, 6.45) is 0. The van der Waals surface area contributed by atoms with Gasteiger partial charge >= 0.3 is 0 Å². The number of benzene rings is 2. The predicted octanol–water partition coefficient (Wildman–Crippen LogP) is 5.74. The third-order valence-corrected chi connectivity index (χ3v) is 5.85. The number of rotatable bonds is 5. The van der Waals surface area contributed by atoms with Crippen LogP contribution in [0.15, 0.2) is 34.1 Å². The van der Waals surface area contributed by atoms with Crippen molar-refractivity contribution in [2.45, 2.75) is 37.5 Å². The summed E-state index contributed by atoms with van der Waals surface area (Å²) in [5, 5.41) is 0. The van der Waals surface area contributed by atoms with Crippen LogP contribution >= 0.6 is 21.6 Å². The molecule has 118 valence electrons. The lowest BCUT2D eigenvalue weighted by atomic mass is 10.1. The first-order valence-corrected chi connectivity index (χ1v) is 9.26. The minimum Gasteiger partial charge on any atom is -0.496 e. The molecule has 0 N–H and O–H groups in total. The summed E-state index contributed by atoms with van der Waals surface area (Å²) in [6.45, 7) is 8.34. The van der Waals surface area contributed by atoms with Crippen LogP contribution in [0.3, 0.4) is 0 Å². The van der Waals surface area contributed by atoms with E-state index in [0.29, 0.717) is 0 Å². The second-order valence-corrected chi connectivity index (χ2v) is 7.62. The molecule has 0 unspecified atom stereocenters. The first-order chi connectivity index (χ1) is 10.5. The van der Waals surface area contributed by atoms with E-state index < -0.39 is 0 Å². The van der Waals surface area contributed by atoms with Crippen LogP contribution in [-0.2, 0) is 0 Å². The second kappa shape index (κ2) is 7.34. The van der Waals surface area contributed by atoms with Crippen molar-refractivity contribution in [1.29, 1.82) is 0 Å². The van der Waals surface area contributed by atoms with Gasteiger partial charge in [-0.1, -0.05) is 21.6 Å². The molecule has 0 amide bonds. The topological polar surface area (TPSA) is 18.5 Å². The molecule has 0 bridgehead atoms. The molecule has 0 heterocycles. The van der Waals surface area contributed by atoms with Gasteiger partial charge in [0.15, 0.2) is 0 Å². The molecule has 0 saturated carbocycles. The SMILES string of the molecule is COc1c(C)cc(SSc2cc(C)c(OC)c(C)c2)cc1C. The van der Waals surface area contributed by atoms with Crippen molar-refractivity contribution in [1.82, 2.24) is 0 Å². The van der Waals surface area contributed by atoms with Crippen molar-refractivity contribution in [3.63, 3.8) is 0 Å². The molecule has 22 heavy (non-hydrogen) atoms. The van der Waals surface area contributed by atoms with E-state index in [9.17, 15) is 0 Å². The van der Waals surface area contributed by atoms with E-state index in [1.807, 2.05) is 0 Å². The molecule has 2 aromatic carbocycles. The normalized spacial score (nSPS) is 10.6. The Bertz CT molecular complexity index is 575. The van der Waals surface area contributed by atoms with E-state index >= 15 is 0 Å². The van der Waals surface area contributed by atoms with Gasteiger partial charge in [0.1, 0.15) is 11.5 Å². The molecule has 0 radical (unpaired) electrons. The number of hydrogen-bond donors (Lipinski definition) is 0. The maximum absolute atomic E-state index is 5.42. The van der Waals surface area contributed by atoms with Crippen LogP contribution in [0.1, 0.15) is 22.3 Å². The van der Waals surface area contributed by atoms with Crippen LogP contribution in [0.5, 0.6) is 11.5 Å². The highest BCUT2D eigenvalue weighted by Gasteiger charge is 2.09. The molecule has 0 spiro atoms. The third-order valence-electron chi connectivity index (χ3n) is 3.51. The van der Waals surface area contributed by atoms with E-state index in [1.54, 1.807) is 35.8 Å². The lowest BCUT2D eigenvalue weighted by Gasteiger charge is -2.12. The number of methoxy groups -OCH3 is 2. The first-order valence-electron chi connectivity index (χ1n) is 7.11. The molecule has 0 aromatic heterocycles. The smallest absolute Gasteiger partial charge is 0.124 e. The first kappa shape index (κ1) is 17.1. The van der Waals surface area contributed by atoms with Gasteiger partial charge < -0.3 is 9.47 Å². The summed E-state index contributed by atoms with van der Waals surface area (Å²) in [6, 6.07) is 8.69. The fourth-order valence-electron chi connectivity index (χ4n) is 2.66. The highest BCUT2D eigenvalue weighted by molar-refractivity contribution is 8.76. The molecule has 0 aliphatic carbocycles. The van der Waals surface area contributed by atoms with Gasteiger partial charge in [-0.15, -0.1) is 0 Å². The Morgan fingerprint density at radius 1 is 0.591 bits per heavy atom. The van der Waals surface area contributed by atoms with Crippen molar-refractivity contribution < 1.29 is 9.47 Å². The quantitative estimate of drug-likeness (QED) is 0.649. The third kappa shape index (κ3) is 3.73. The summed E-state index contributed by atoms with van der Waals surface area (Å²) in [4.78, 5) is 2.49. The van der Waals surface area contributed by atoms with Crippen molar-refractivity contribution in [2.24, 2.45) is 0 Å². The van der Waals surface area contributed by atoms with Crippen LogP contribution in [-0.4, -0.2) is 14.2 Å². The Morgan fingerprint density at radius 3 is 1.09 bits per heavy atom. The monoisotopic (exact) mass is 334 g/mol. The summed E-state index contributed by atoms with van der Waals surface area (Å²) in [7, 11) is 6.99. The Kier molecular flexibility index (Phi) is 5.70. The molecule has 2 rings (SSSR count). The largest absolute Gasteiger partial charge is 0.496 e. The van der Waals surface area contributed by atoms with Crippen molar-refractivity contribution >= 4 is 21.6 Å². The van der Waals surface area contributed by atoms with Gasteiger partial charge in [-0.3, -0.25) is 0 Å². The summed E-state index contributed by atoms with van der Waals surface area (Å²) >= 11 is 0. The molecular formula is C18H22O2S2. The molecule has 0 atom stereocenters. The molecule has 2 nitrogen and oxygen atoms in total. The fourth-order valence-corrected chi connectivity index (χ4v) is 4.90. The predicted molar refractivity (Wildman–Crippen MR) is 96.7 cm³/mol. The summed E-state index contributed by atoms with van der Waals surface area (Å²) in [5.41, 5.74) is 4.70. The standard InChI is InChI=1S/C18H22O2S2/c1-11-7-15(8-12(2)17(11)19-5)21-22-16-9-13(3)18(20-6)14(4)10-16/h7-10H,1-6H3. The van der Waals surface area contributed by atoms with Gasteiger partial charge in [0.05, 0.1) is 14.2 Å². The maximum atomic E-state index is 5.42. The number of aryl methyl sites for hydroxylation is 4. The Labute approximate surface area is 141 Å². The Balaban J connectivity index is 2.17. The lowest BCUT2D eigenvalue weighted by Crippen LogP contribution is -1.91. The zero-order chi connectivity index (χ0) is 16.3. The van der Waals surface area contributed by atoms with Crippen molar-refractivity contribution in [3.05, 3.63) is 46.5 Å². The molecule has 0 fully saturated rings. The number of hydrogen-bond acceptors (Lipinski definition) is 4. The van der Waals surface area contributed by atoms with E-state index in [-0.39, 0.29) is 0 Å². The van der Waals surface area contributed by atoms with Crippen molar-refractivity contribution in [2.75, 3.05) is 14.2 Å². The van der Waals surface area contributed by atoms with Gasteiger partial charge in [-0.2, -0.15) is 0 Å². The van der Waals surface area contributed by atoms with Crippen molar-refractivity contribution in [3.8, 4) is 11.5 Å². The van der Waals surface area contributed by atoms with Crippen LogP contribution in [0.4, 0.5) is 0 Å². The van der Waals surface area contributed by atoms with Crippen LogP contribution in [0.2, 0.25) is 0 Å².